The van der Waals surface area contributed by atoms with Crippen LogP contribution in [0, 0.1) is 0 Å². The van der Waals surface area contributed by atoms with Crippen molar-refractivity contribution in [2.45, 2.75) is 43.9 Å². The van der Waals surface area contributed by atoms with Crippen LogP contribution in [0.15, 0.2) is 12.7 Å². The predicted molar refractivity (Wildman–Crippen MR) is 43.6 cm³/mol. The molecule has 2 rings (SSSR count). The molecule has 2 aliphatic rings. The van der Waals surface area contributed by atoms with Crippen molar-refractivity contribution in [3.63, 3.8) is 0 Å². The van der Waals surface area contributed by atoms with Gasteiger partial charge >= 0.3 is 0 Å². The number of hydrogen-bond donors (Lipinski definition) is 1. The van der Waals surface area contributed by atoms with Gasteiger partial charge in [0.15, 0.2) is 6.29 Å². The number of epoxide rings is 1. The van der Waals surface area contributed by atoms with E-state index in [1.807, 2.05) is 0 Å². The van der Waals surface area contributed by atoms with Crippen LogP contribution in [-0.4, -0.2) is 29.7 Å². The standard InChI is InChI=1S/C9H14O3/c1-2-9(10)11-6-3-4-7-8(5-6)12-7/h2,6-10H,1,3-5H2. The first-order chi connectivity index (χ1) is 5.79. The molecule has 4 atom stereocenters. The van der Waals surface area contributed by atoms with Crippen molar-refractivity contribution in [2.75, 3.05) is 0 Å². The molecule has 1 aliphatic heterocycles. The van der Waals surface area contributed by atoms with Crippen molar-refractivity contribution < 1.29 is 14.6 Å². The van der Waals surface area contributed by atoms with E-state index in [0.29, 0.717) is 12.2 Å². The summed E-state index contributed by atoms with van der Waals surface area (Å²) >= 11 is 0. The Morgan fingerprint density at radius 1 is 1.50 bits per heavy atom. The van der Waals surface area contributed by atoms with Gasteiger partial charge in [0.2, 0.25) is 0 Å². The van der Waals surface area contributed by atoms with Gasteiger partial charge in [0.25, 0.3) is 0 Å². The minimum Gasteiger partial charge on any atom is -0.369 e. The Morgan fingerprint density at radius 3 is 3.00 bits per heavy atom. The fraction of sp³-hybridized carbons (Fsp3) is 0.778. The van der Waals surface area contributed by atoms with Crippen molar-refractivity contribution >= 4 is 0 Å². The summed E-state index contributed by atoms with van der Waals surface area (Å²) in [5.74, 6) is 0. The average molecular weight is 170 g/mol. The van der Waals surface area contributed by atoms with Crippen LogP contribution >= 0.6 is 0 Å². The van der Waals surface area contributed by atoms with Gasteiger partial charge in [-0.3, -0.25) is 0 Å². The zero-order valence-electron chi connectivity index (χ0n) is 6.98. The SMILES string of the molecule is C=CC(O)OC1CCC2OC2C1. The molecule has 0 amide bonds. The van der Waals surface area contributed by atoms with Gasteiger partial charge < -0.3 is 14.6 Å². The molecule has 1 N–H and O–H groups in total. The number of aliphatic hydroxyl groups is 1. The molecule has 1 heterocycles. The molecule has 0 radical (unpaired) electrons. The highest BCUT2D eigenvalue weighted by Gasteiger charge is 2.44. The Morgan fingerprint density at radius 2 is 2.33 bits per heavy atom. The molecule has 4 unspecified atom stereocenters. The Kier molecular flexibility index (Phi) is 2.17. The van der Waals surface area contributed by atoms with Gasteiger partial charge in [-0.15, -0.1) is 0 Å². The third-order valence-corrected chi connectivity index (χ3v) is 2.49. The molecule has 68 valence electrons. The number of aliphatic hydroxyl groups excluding tert-OH is 1. The van der Waals surface area contributed by atoms with Crippen LogP contribution in [0.5, 0.6) is 0 Å². The molecular weight excluding hydrogens is 156 g/mol. The predicted octanol–water partition coefficient (Wildman–Crippen LogP) is 0.827. The zero-order valence-corrected chi connectivity index (χ0v) is 6.98. The highest BCUT2D eigenvalue weighted by Crippen LogP contribution is 2.37. The second-order valence-corrected chi connectivity index (χ2v) is 3.41. The third-order valence-electron chi connectivity index (χ3n) is 2.49. The molecule has 12 heavy (non-hydrogen) atoms. The third kappa shape index (κ3) is 1.68. The van der Waals surface area contributed by atoms with E-state index in [4.69, 9.17) is 14.6 Å². The summed E-state index contributed by atoms with van der Waals surface area (Å²) in [4.78, 5) is 0. The fourth-order valence-corrected chi connectivity index (χ4v) is 1.74. The molecule has 3 nitrogen and oxygen atoms in total. The van der Waals surface area contributed by atoms with Crippen LogP contribution in [0.3, 0.4) is 0 Å². The van der Waals surface area contributed by atoms with Crippen molar-refractivity contribution in [2.24, 2.45) is 0 Å². The molecule has 0 bridgehead atoms. The molecule has 1 saturated heterocycles. The highest BCUT2D eigenvalue weighted by atomic mass is 16.6. The van der Waals surface area contributed by atoms with Gasteiger partial charge in [-0.25, -0.2) is 0 Å². The molecule has 1 saturated carbocycles. The van der Waals surface area contributed by atoms with Crippen LogP contribution in [-0.2, 0) is 9.47 Å². The first-order valence-electron chi connectivity index (χ1n) is 4.41. The lowest BCUT2D eigenvalue weighted by molar-refractivity contribution is -0.112. The first kappa shape index (κ1) is 8.23. The fourth-order valence-electron chi connectivity index (χ4n) is 1.74. The molecule has 0 spiro atoms. The molecular formula is C9H14O3. The maximum atomic E-state index is 9.13. The van der Waals surface area contributed by atoms with E-state index in [1.165, 1.54) is 6.08 Å². The smallest absolute Gasteiger partial charge is 0.174 e. The van der Waals surface area contributed by atoms with E-state index >= 15 is 0 Å². The highest BCUT2D eigenvalue weighted by molar-refractivity contribution is 4.92. The summed E-state index contributed by atoms with van der Waals surface area (Å²) < 4.78 is 10.6. The summed E-state index contributed by atoms with van der Waals surface area (Å²) in [5.41, 5.74) is 0. The largest absolute Gasteiger partial charge is 0.369 e. The van der Waals surface area contributed by atoms with Gasteiger partial charge in [0.1, 0.15) is 0 Å². The molecule has 1 aliphatic carbocycles. The maximum absolute atomic E-state index is 9.13. The van der Waals surface area contributed by atoms with E-state index in [1.54, 1.807) is 0 Å². The summed E-state index contributed by atoms with van der Waals surface area (Å²) in [6, 6.07) is 0. The van der Waals surface area contributed by atoms with Crippen LogP contribution in [0.2, 0.25) is 0 Å². The van der Waals surface area contributed by atoms with Crippen LogP contribution in [0.25, 0.3) is 0 Å². The molecule has 0 aromatic heterocycles. The number of rotatable bonds is 3. The van der Waals surface area contributed by atoms with Crippen molar-refractivity contribution in [1.82, 2.24) is 0 Å². The van der Waals surface area contributed by atoms with E-state index in [9.17, 15) is 0 Å². The van der Waals surface area contributed by atoms with Crippen molar-refractivity contribution in [3.8, 4) is 0 Å². The normalized spacial score (nSPS) is 41.6. The van der Waals surface area contributed by atoms with Crippen LogP contribution in [0.4, 0.5) is 0 Å². The quantitative estimate of drug-likeness (QED) is 0.387. The lowest BCUT2D eigenvalue weighted by Crippen LogP contribution is -2.25. The topological polar surface area (TPSA) is 42.0 Å². The van der Waals surface area contributed by atoms with E-state index in [2.05, 4.69) is 6.58 Å². The Balaban J connectivity index is 1.76. The second kappa shape index (κ2) is 3.17. The Bertz CT molecular complexity index is 181. The van der Waals surface area contributed by atoms with E-state index in [-0.39, 0.29) is 6.10 Å². The number of fused-ring (bicyclic) bond motifs is 1. The van der Waals surface area contributed by atoms with E-state index < -0.39 is 6.29 Å². The molecule has 0 aromatic rings. The first-order valence-corrected chi connectivity index (χ1v) is 4.41. The molecule has 0 aromatic carbocycles. The van der Waals surface area contributed by atoms with Gasteiger partial charge in [0.05, 0.1) is 18.3 Å². The number of ether oxygens (including phenoxy) is 2. The average Bonchev–Trinajstić information content (AvgIpc) is 2.82. The lowest BCUT2D eigenvalue weighted by atomic mass is 9.98. The summed E-state index contributed by atoms with van der Waals surface area (Å²) in [6.07, 6.45) is 4.62. The number of hydrogen-bond acceptors (Lipinski definition) is 3. The minimum absolute atomic E-state index is 0.154. The summed E-state index contributed by atoms with van der Waals surface area (Å²) in [7, 11) is 0. The lowest BCUT2D eigenvalue weighted by Gasteiger charge is -2.21. The second-order valence-electron chi connectivity index (χ2n) is 3.41. The molecule has 2 fully saturated rings. The molecule has 3 heteroatoms. The van der Waals surface area contributed by atoms with Crippen LogP contribution in [0.1, 0.15) is 19.3 Å². The van der Waals surface area contributed by atoms with Crippen LogP contribution < -0.4 is 0 Å². The van der Waals surface area contributed by atoms with E-state index in [0.717, 1.165) is 19.3 Å². The zero-order chi connectivity index (χ0) is 8.55. The monoisotopic (exact) mass is 170 g/mol. The Hall–Kier alpha value is -0.380. The summed E-state index contributed by atoms with van der Waals surface area (Å²) in [6.45, 7) is 3.45. The van der Waals surface area contributed by atoms with Gasteiger partial charge in [-0.2, -0.15) is 0 Å². The van der Waals surface area contributed by atoms with Gasteiger partial charge in [-0.1, -0.05) is 6.58 Å². The Labute approximate surface area is 72.0 Å². The van der Waals surface area contributed by atoms with Gasteiger partial charge in [0, 0.05) is 6.42 Å². The van der Waals surface area contributed by atoms with Crippen molar-refractivity contribution in [3.05, 3.63) is 12.7 Å². The maximum Gasteiger partial charge on any atom is 0.174 e. The minimum atomic E-state index is -0.815. The van der Waals surface area contributed by atoms with Crippen molar-refractivity contribution in [1.29, 1.82) is 0 Å². The summed E-state index contributed by atoms with van der Waals surface area (Å²) in [5, 5.41) is 9.13. The van der Waals surface area contributed by atoms with Gasteiger partial charge in [-0.05, 0) is 18.9 Å².